The number of nitrogens with one attached hydrogen (secondary N) is 2. The molecule has 5 nitrogen and oxygen atoms in total. The van der Waals surface area contributed by atoms with Crippen LogP contribution in [0.1, 0.15) is 8.29 Å². The average Bonchev–Trinajstić information content (AvgIpc) is 2.59. The number of hydrogen-bond acceptors (Lipinski definition) is 3. The zero-order valence-electron chi connectivity index (χ0n) is 9.11. The molecular weight excluding hydrogens is 194 g/mol. The number of rotatable bonds is 3. The normalized spacial score (nSPS) is 13.5. The Bertz CT molecular complexity index is 538. The number of carboxylic acids is 1. The Morgan fingerprint density at radius 3 is 3.27 bits per heavy atom. The number of imidazole rings is 1. The molecule has 2 aromatic rings. The molecule has 1 aromatic heterocycles. The Hall–Kier alpha value is -2.04. The van der Waals surface area contributed by atoms with Gasteiger partial charge >= 0.3 is 5.97 Å². The quantitative estimate of drug-likeness (QED) is 0.710. The molecule has 0 fully saturated rings. The van der Waals surface area contributed by atoms with Crippen molar-refractivity contribution >= 4 is 22.7 Å². The smallest absolute Gasteiger partial charge is 0.325 e. The predicted octanol–water partition coefficient (Wildman–Crippen LogP) is 1.45. The summed E-state index contributed by atoms with van der Waals surface area (Å²) in [5, 5.41) is 11.6. The average molecular weight is 206 g/mol. The zero-order chi connectivity index (χ0) is 11.7. The van der Waals surface area contributed by atoms with Gasteiger partial charge in [0, 0.05) is 0 Å². The van der Waals surface area contributed by atoms with Crippen LogP contribution in [-0.2, 0) is 4.79 Å². The van der Waals surface area contributed by atoms with Gasteiger partial charge in [-0.3, -0.25) is 4.79 Å². The number of H-pyrrole nitrogens is 1. The van der Waals surface area contributed by atoms with Crippen LogP contribution in [0.15, 0.2) is 24.5 Å². The maximum Gasteiger partial charge on any atom is 0.325 e. The van der Waals surface area contributed by atoms with Crippen molar-refractivity contribution in [1.82, 2.24) is 9.97 Å². The molecule has 0 unspecified atom stereocenters. The molecule has 0 radical (unpaired) electrons. The van der Waals surface area contributed by atoms with Crippen molar-refractivity contribution in [2.24, 2.45) is 0 Å². The van der Waals surface area contributed by atoms with Crippen LogP contribution >= 0.6 is 0 Å². The lowest BCUT2D eigenvalue weighted by Crippen LogP contribution is -2.25. The Morgan fingerprint density at radius 1 is 1.73 bits per heavy atom. The fourth-order valence-electron chi connectivity index (χ4n) is 1.32. The number of hydrogen-bond donors (Lipinski definition) is 3. The minimum absolute atomic E-state index is 0.0622. The summed E-state index contributed by atoms with van der Waals surface area (Å²) in [7, 11) is 0. The van der Waals surface area contributed by atoms with Gasteiger partial charge in [-0.15, -0.1) is 0 Å². The van der Waals surface area contributed by atoms with Crippen molar-refractivity contribution in [3.05, 3.63) is 24.5 Å². The van der Waals surface area contributed by atoms with Gasteiger partial charge in [0.2, 0.25) is 0 Å². The first-order chi connectivity index (χ1) is 7.58. The van der Waals surface area contributed by atoms with Crippen LogP contribution in [-0.4, -0.2) is 27.1 Å². The Labute approximate surface area is 87.5 Å². The molecule has 0 aliphatic heterocycles. The van der Waals surface area contributed by atoms with Crippen molar-refractivity contribution in [1.29, 1.82) is 0 Å². The van der Waals surface area contributed by atoms with Gasteiger partial charge in [-0.1, -0.05) is 6.07 Å². The van der Waals surface area contributed by atoms with E-state index in [0.717, 1.165) is 0 Å². The third-order valence-electron chi connectivity index (χ3n) is 2.14. The minimum Gasteiger partial charge on any atom is -0.480 e. The molecule has 15 heavy (non-hydrogen) atoms. The monoisotopic (exact) mass is 206 g/mol. The van der Waals surface area contributed by atoms with Crippen LogP contribution in [0.3, 0.4) is 0 Å². The number of carboxylic acid groups (broad SMARTS) is 1. The van der Waals surface area contributed by atoms with Gasteiger partial charge in [0.05, 0.1) is 23.0 Å². The van der Waals surface area contributed by atoms with Crippen molar-refractivity contribution in [2.45, 2.75) is 13.0 Å². The number of aromatic nitrogens is 2. The number of anilines is 1. The lowest BCUT2D eigenvalue weighted by atomic mass is 10.2. The molecule has 0 aliphatic rings. The fraction of sp³-hybridized carbons (Fsp3) is 0.200. The lowest BCUT2D eigenvalue weighted by molar-refractivity contribution is -0.137. The number of fused-ring (bicyclic) bond motifs is 1. The second-order valence-corrected chi connectivity index (χ2v) is 3.25. The van der Waals surface area contributed by atoms with E-state index in [4.69, 9.17) is 6.48 Å². The van der Waals surface area contributed by atoms with Crippen molar-refractivity contribution in [3.63, 3.8) is 0 Å². The highest BCUT2D eigenvalue weighted by Crippen LogP contribution is 2.20. The van der Waals surface area contributed by atoms with E-state index >= 15 is 0 Å². The van der Waals surface area contributed by atoms with Gasteiger partial charge in [0.15, 0.2) is 0 Å². The molecule has 0 saturated carbocycles. The molecule has 1 aromatic carbocycles. The Balaban J connectivity index is 2.40. The summed E-state index contributed by atoms with van der Waals surface area (Å²) in [5.41, 5.74) is 1.94. The molecule has 2 rings (SSSR count). The SMILES string of the molecule is [2H]c1nc2cccc(N[C@@H](C)C(=O)O)c2[nH]1. The second-order valence-electron chi connectivity index (χ2n) is 3.25. The van der Waals surface area contributed by atoms with Crippen LogP contribution in [0.4, 0.5) is 5.69 Å². The number of para-hydroxylation sites is 1. The molecule has 3 N–H and O–H groups in total. The first kappa shape index (κ1) is 8.28. The molecule has 1 heterocycles. The number of aromatic amines is 1. The van der Waals surface area contributed by atoms with Gasteiger partial charge in [0.1, 0.15) is 7.41 Å². The van der Waals surface area contributed by atoms with Crippen molar-refractivity contribution in [3.8, 4) is 0 Å². The van der Waals surface area contributed by atoms with Crippen LogP contribution in [0.25, 0.3) is 11.0 Å². The third-order valence-corrected chi connectivity index (χ3v) is 2.14. The van der Waals surface area contributed by atoms with E-state index in [-0.39, 0.29) is 6.30 Å². The van der Waals surface area contributed by atoms with E-state index in [2.05, 4.69) is 15.3 Å². The van der Waals surface area contributed by atoms with Crippen molar-refractivity contribution < 1.29 is 11.3 Å². The van der Waals surface area contributed by atoms with Crippen LogP contribution in [0.2, 0.25) is 0 Å². The first-order valence-corrected chi connectivity index (χ1v) is 4.52. The van der Waals surface area contributed by atoms with E-state index in [0.29, 0.717) is 16.7 Å². The topological polar surface area (TPSA) is 78.0 Å². The summed E-state index contributed by atoms with van der Waals surface area (Å²) in [6.07, 6.45) is 0.0622. The Morgan fingerprint density at radius 2 is 2.53 bits per heavy atom. The summed E-state index contributed by atoms with van der Waals surface area (Å²) >= 11 is 0. The standard InChI is InChI=1S/C10H11N3O2/c1-6(10(14)15)13-8-4-2-3-7-9(8)12-5-11-7/h2-6,13H,1H3,(H,11,12)(H,14,15)/t6-/m0/s1/i5D. The zero-order valence-corrected chi connectivity index (χ0v) is 8.11. The fourth-order valence-corrected chi connectivity index (χ4v) is 1.32. The minimum atomic E-state index is -0.928. The number of carbonyl (C=O) groups is 1. The Kier molecular flexibility index (Phi) is 1.99. The van der Waals surface area contributed by atoms with E-state index in [1.165, 1.54) is 0 Å². The van der Waals surface area contributed by atoms with Gasteiger partial charge in [-0.25, -0.2) is 4.98 Å². The van der Waals surface area contributed by atoms with Gasteiger partial charge in [-0.05, 0) is 19.1 Å². The van der Waals surface area contributed by atoms with Gasteiger partial charge in [-0.2, -0.15) is 0 Å². The molecule has 0 amide bonds. The van der Waals surface area contributed by atoms with E-state index in [1.807, 2.05) is 0 Å². The molecule has 1 atom stereocenters. The molecular formula is C10H11N3O2. The van der Waals surface area contributed by atoms with E-state index in [1.54, 1.807) is 25.1 Å². The highest BCUT2D eigenvalue weighted by molar-refractivity contribution is 5.89. The van der Waals surface area contributed by atoms with Crippen LogP contribution < -0.4 is 5.32 Å². The molecule has 78 valence electrons. The summed E-state index contributed by atoms with van der Waals surface area (Å²) in [4.78, 5) is 17.4. The van der Waals surface area contributed by atoms with E-state index < -0.39 is 12.0 Å². The van der Waals surface area contributed by atoms with Gasteiger partial charge < -0.3 is 15.4 Å². The first-order valence-electron chi connectivity index (χ1n) is 5.02. The maximum atomic E-state index is 10.7. The predicted molar refractivity (Wildman–Crippen MR) is 56.8 cm³/mol. The second kappa shape index (κ2) is 3.61. The molecule has 0 aliphatic carbocycles. The molecule has 5 heteroatoms. The summed E-state index contributed by atoms with van der Waals surface area (Å²) in [6, 6.07) is 4.59. The molecule has 0 bridgehead atoms. The molecule has 0 spiro atoms. The summed E-state index contributed by atoms with van der Waals surface area (Å²) < 4.78 is 7.38. The maximum absolute atomic E-state index is 10.7. The number of aliphatic carboxylic acids is 1. The largest absolute Gasteiger partial charge is 0.480 e. The summed E-state index contributed by atoms with van der Waals surface area (Å²) in [5.74, 6) is -0.928. The lowest BCUT2D eigenvalue weighted by Gasteiger charge is -2.10. The summed E-state index contributed by atoms with van der Waals surface area (Å²) in [6.45, 7) is 1.55. The molecule has 0 saturated heterocycles. The number of benzene rings is 1. The van der Waals surface area contributed by atoms with Crippen molar-refractivity contribution in [2.75, 3.05) is 5.32 Å². The number of nitrogens with zero attached hydrogens (tertiary/aromatic N) is 1. The highest BCUT2D eigenvalue weighted by atomic mass is 16.4. The van der Waals surface area contributed by atoms with Crippen LogP contribution in [0, 0.1) is 0 Å². The van der Waals surface area contributed by atoms with Crippen LogP contribution in [0.5, 0.6) is 0 Å². The highest BCUT2D eigenvalue weighted by Gasteiger charge is 2.12. The van der Waals surface area contributed by atoms with E-state index in [9.17, 15) is 4.79 Å². The third kappa shape index (κ3) is 1.76. The van der Waals surface area contributed by atoms with Gasteiger partial charge in [0.25, 0.3) is 0 Å².